The zero-order valence-electron chi connectivity index (χ0n) is 13.3. The van der Waals surface area contributed by atoms with Crippen molar-refractivity contribution >= 4 is 17.2 Å². The summed E-state index contributed by atoms with van der Waals surface area (Å²) in [6, 6.07) is 0. The highest BCUT2D eigenvalue weighted by atomic mass is 32.1. The summed E-state index contributed by atoms with van der Waals surface area (Å²) < 4.78 is 11.7. The molecule has 2 aliphatic rings. The van der Waals surface area contributed by atoms with Crippen molar-refractivity contribution in [1.29, 1.82) is 0 Å². The van der Waals surface area contributed by atoms with Gasteiger partial charge in [0.1, 0.15) is 5.60 Å². The minimum atomic E-state index is -0.286. The predicted octanol–water partition coefficient (Wildman–Crippen LogP) is 2.18. The number of carbonyl (C=O) groups excluding carboxylic acids is 1. The van der Waals surface area contributed by atoms with Gasteiger partial charge in [0, 0.05) is 24.4 Å². The van der Waals surface area contributed by atoms with E-state index in [2.05, 4.69) is 4.98 Å². The van der Waals surface area contributed by atoms with E-state index >= 15 is 0 Å². The molecule has 1 amide bonds. The third-order valence-corrected chi connectivity index (χ3v) is 5.45. The maximum Gasteiger partial charge on any atom is 0.223 e. The van der Waals surface area contributed by atoms with Crippen LogP contribution in [0.2, 0.25) is 0 Å². The average molecular weight is 324 g/mol. The summed E-state index contributed by atoms with van der Waals surface area (Å²) in [5.41, 5.74) is 2.61. The Morgan fingerprint density at radius 1 is 1.59 bits per heavy atom. The minimum absolute atomic E-state index is 0.0736. The molecule has 3 heterocycles. The highest BCUT2D eigenvalue weighted by Gasteiger charge is 2.42. The van der Waals surface area contributed by atoms with Gasteiger partial charge >= 0.3 is 0 Å². The molecule has 0 saturated carbocycles. The normalized spacial score (nSPS) is 29.0. The number of rotatable bonds is 3. The van der Waals surface area contributed by atoms with E-state index in [1.54, 1.807) is 11.3 Å². The Bertz CT molecular complexity index is 525. The lowest BCUT2D eigenvalue weighted by molar-refractivity contribution is -0.199. The van der Waals surface area contributed by atoms with E-state index in [1.165, 1.54) is 4.88 Å². The minimum Gasteiger partial charge on any atom is -0.378 e. The van der Waals surface area contributed by atoms with Crippen molar-refractivity contribution in [3.8, 4) is 0 Å². The lowest BCUT2D eigenvalue weighted by Crippen LogP contribution is -2.59. The Morgan fingerprint density at radius 3 is 3.14 bits per heavy atom. The van der Waals surface area contributed by atoms with Crippen LogP contribution in [0.25, 0.3) is 0 Å². The fourth-order valence-corrected chi connectivity index (χ4v) is 4.18. The summed E-state index contributed by atoms with van der Waals surface area (Å²) in [4.78, 5) is 20.0. The summed E-state index contributed by atoms with van der Waals surface area (Å²) >= 11 is 1.63. The molecule has 2 unspecified atom stereocenters. The van der Waals surface area contributed by atoms with Crippen molar-refractivity contribution < 1.29 is 14.3 Å². The van der Waals surface area contributed by atoms with Gasteiger partial charge in [0.15, 0.2) is 0 Å². The first-order chi connectivity index (χ1) is 10.6. The molecule has 0 bridgehead atoms. The Kier molecular flexibility index (Phi) is 4.80. The molecule has 122 valence electrons. The van der Waals surface area contributed by atoms with Crippen LogP contribution in [0.4, 0.5) is 0 Å². The molecule has 0 radical (unpaired) electrons. The van der Waals surface area contributed by atoms with Gasteiger partial charge in [0.25, 0.3) is 0 Å². The van der Waals surface area contributed by atoms with Gasteiger partial charge < -0.3 is 14.4 Å². The molecule has 2 fully saturated rings. The van der Waals surface area contributed by atoms with Gasteiger partial charge in [-0.3, -0.25) is 4.79 Å². The summed E-state index contributed by atoms with van der Waals surface area (Å²) in [7, 11) is 0. The number of amides is 1. The number of hydrogen-bond acceptors (Lipinski definition) is 5. The summed E-state index contributed by atoms with van der Waals surface area (Å²) in [5, 5.41) is 0. The fraction of sp³-hybridized carbons (Fsp3) is 0.750. The highest BCUT2D eigenvalue weighted by molar-refractivity contribution is 7.09. The molecule has 6 heteroatoms. The van der Waals surface area contributed by atoms with Crippen LogP contribution in [0.5, 0.6) is 0 Å². The van der Waals surface area contributed by atoms with Crippen molar-refractivity contribution in [3.63, 3.8) is 0 Å². The van der Waals surface area contributed by atoms with Crippen LogP contribution < -0.4 is 0 Å². The van der Waals surface area contributed by atoms with Crippen LogP contribution in [-0.4, -0.2) is 53.8 Å². The van der Waals surface area contributed by atoms with E-state index in [9.17, 15) is 4.79 Å². The van der Waals surface area contributed by atoms with Gasteiger partial charge in [-0.15, -0.1) is 11.3 Å². The number of aromatic nitrogens is 1. The molecule has 0 aromatic carbocycles. The molecule has 1 aromatic heterocycles. The first-order valence-corrected chi connectivity index (χ1v) is 8.88. The topological polar surface area (TPSA) is 51.7 Å². The number of ether oxygens (including phenoxy) is 2. The number of thiazole rings is 1. The molecule has 2 aliphatic heterocycles. The van der Waals surface area contributed by atoms with Crippen LogP contribution in [-0.2, 0) is 20.7 Å². The van der Waals surface area contributed by atoms with E-state index in [0.29, 0.717) is 26.1 Å². The zero-order chi connectivity index (χ0) is 15.6. The van der Waals surface area contributed by atoms with Crippen molar-refractivity contribution in [1.82, 2.24) is 9.88 Å². The standard InChI is InChI=1S/C16H24N2O3S/c1-12-8-18(9-16(21-12)6-3-7-20-10-16)15(19)5-4-14-13(2)17-11-22-14/h11-12H,3-10H2,1-2H3. The molecule has 2 saturated heterocycles. The number of hydrogen-bond donors (Lipinski definition) is 0. The number of morpholine rings is 1. The van der Waals surface area contributed by atoms with E-state index in [1.807, 2.05) is 24.3 Å². The molecule has 1 aromatic rings. The van der Waals surface area contributed by atoms with Crippen molar-refractivity contribution in [2.75, 3.05) is 26.3 Å². The molecule has 22 heavy (non-hydrogen) atoms. The van der Waals surface area contributed by atoms with Crippen molar-refractivity contribution in [2.24, 2.45) is 0 Å². The van der Waals surface area contributed by atoms with Crippen LogP contribution in [0.1, 0.15) is 36.8 Å². The monoisotopic (exact) mass is 324 g/mol. The molecule has 0 aliphatic carbocycles. The Hall–Kier alpha value is -0.980. The second-order valence-corrected chi connectivity index (χ2v) is 7.34. The molecular weight excluding hydrogens is 300 g/mol. The van der Waals surface area contributed by atoms with Crippen LogP contribution in [0.3, 0.4) is 0 Å². The molecule has 5 nitrogen and oxygen atoms in total. The van der Waals surface area contributed by atoms with Gasteiger partial charge in [-0.05, 0) is 33.1 Å². The Balaban J connectivity index is 1.60. The second kappa shape index (κ2) is 6.64. The third-order valence-electron chi connectivity index (χ3n) is 4.46. The van der Waals surface area contributed by atoms with Gasteiger partial charge in [-0.25, -0.2) is 4.98 Å². The molecule has 1 spiro atoms. The lowest BCUT2D eigenvalue weighted by atomic mass is 9.93. The van der Waals surface area contributed by atoms with E-state index < -0.39 is 0 Å². The third kappa shape index (κ3) is 3.50. The quantitative estimate of drug-likeness (QED) is 0.855. The van der Waals surface area contributed by atoms with Crippen LogP contribution in [0, 0.1) is 6.92 Å². The Morgan fingerprint density at radius 2 is 2.45 bits per heavy atom. The number of nitrogens with zero attached hydrogens (tertiary/aromatic N) is 2. The highest BCUT2D eigenvalue weighted by Crippen LogP contribution is 2.30. The van der Waals surface area contributed by atoms with Crippen molar-refractivity contribution in [2.45, 2.75) is 51.2 Å². The Labute approximate surface area is 135 Å². The second-order valence-electron chi connectivity index (χ2n) is 6.40. The van der Waals surface area contributed by atoms with E-state index in [0.717, 1.165) is 31.6 Å². The van der Waals surface area contributed by atoms with Gasteiger partial charge in [0.05, 0.1) is 30.5 Å². The summed E-state index contributed by atoms with van der Waals surface area (Å²) in [6.07, 6.45) is 3.39. The van der Waals surface area contributed by atoms with Gasteiger partial charge in [0.2, 0.25) is 5.91 Å². The smallest absolute Gasteiger partial charge is 0.223 e. The summed E-state index contributed by atoms with van der Waals surface area (Å²) in [6.45, 7) is 6.80. The van der Waals surface area contributed by atoms with E-state index in [4.69, 9.17) is 9.47 Å². The lowest BCUT2D eigenvalue weighted by Gasteiger charge is -2.47. The zero-order valence-corrected chi connectivity index (χ0v) is 14.2. The van der Waals surface area contributed by atoms with Gasteiger partial charge in [-0.2, -0.15) is 0 Å². The average Bonchev–Trinajstić information content (AvgIpc) is 2.90. The molecule has 0 N–H and O–H groups in total. The molecular formula is C16H24N2O3S. The number of aryl methyl sites for hydroxylation is 2. The fourth-order valence-electron chi connectivity index (χ4n) is 3.40. The van der Waals surface area contributed by atoms with E-state index in [-0.39, 0.29) is 17.6 Å². The number of carbonyl (C=O) groups is 1. The van der Waals surface area contributed by atoms with Crippen molar-refractivity contribution in [3.05, 3.63) is 16.1 Å². The van der Waals surface area contributed by atoms with Gasteiger partial charge in [-0.1, -0.05) is 0 Å². The van der Waals surface area contributed by atoms with Crippen LogP contribution in [0.15, 0.2) is 5.51 Å². The molecule has 3 rings (SSSR count). The maximum absolute atomic E-state index is 12.6. The SMILES string of the molecule is Cc1ncsc1CCC(=O)N1CC(C)OC2(CCCOC2)C1. The first-order valence-electron chi connectivity index (χ1n) is 8.00. The summed E-state index contributed by atoms with van der Waals surface area (Å²) in [5.74, 6) is 0.216. The van der Waals surface area contributed by atoms with Crippen LogP contribution >= 0.6 is 11.3 Å². The maximum atomic E-state index is 12.6. The predicted molar refractivity (Wildman–Crippen MR) is 85.1 cm³/mol. The molecule has 2 atom stereocenters. The largest absolute Gasteiger partial charge is 0.378 e. The first kappa shape index (κ1) is 15.9.